The Balaban J connectivity index is 1.77. The van der Waals surface area contributed by atoms with Crippen LogP contribution in [0, 0.1) is 0 Å². The van der Waals surface area contributed by atoms with Crippen LogP contribution in [0.3, 0.4) is 0 Å². The SMILES string of the molecule is CNC(=O)c1cccc(CNC(=O)c2cc(S(=O)(=O)N3CCCC3)ccc2Cl)c1. The Morgan fingerprint density at radius 1 is 1.07 bits per heavy atom. The van der Waals surface area contributed by atoms with Gasteiger partial charge in [-0.1, -0.05) is 23.7 Å². The summed E-state index contributed by atoms with van der Waals surface area (Å²) in [5, 5.41) is 5.44. The van der Waals surface area contributed by atoms with Crippen molar-refractivity contribution in [1.29, 1.82) is 0 Å². The molecule has 2 aromatic carbocycles. The minimum Gasteiger partial charge on any atom is -0.355 e. The van der Waals surface area contributed by atoms with Crippen LogP contribution in [0.2, 0.25) is 5.02 Å². The Morgan fingerprint density at radius 2 is 1.79 bits per heavy atom. The number of benzene rings is 2. The van der Waals surface area contributed by atoms with Crippen molar-refractivity contribution >= 4 is 33.4 Å². The van der Waals surface area contributed by atoms with E-state index in [9.17, 15) is 18.0 Å². The van der Waals surface area contributed by atoms with E-state index in [4.69, 9.17) is 11.6 Å². The van der Waals surface area contributed by atoms with Gasteiger partial charge in [-0.3, -0.25) is 9.59 Å². The molecule has 1 aliphatic heterocycles. The number of carbonyl (C=O) groups excluding carboxylic acids is 2. The van der Waals surface area contributed by atoms with Crippen LogP contribution in [0.5, 0.6) is 0 Å². The lowest BCUT2D eigenvalue weighted by molar-refractivity contribution is 0.0948. The zero-order valence-electron chi connectivity index (χ0n) is 15.9. The Morgan fingerprint density at radius 3 is 2.48 bits per heavy atom. The normalized spacial score (nSPS) is 14.6. The Hall–Kier alpha value is -2.42. The second-order valence-corrected chi connectivity index (χ2v) is 9.06. The fourth-order valence-corrected chi connectivity index (χ4v) is 4.91. The smallest absolute Gasteiger partial charge is 0.253 e. The zero-order chi connectivity index (χ0) is 21.0. The molecule has 0 aliphatic carbocycles. The molecule has 1 heterocycles. The molecular weight excluding hydrogens is 414 g/mol. The monoisotopic (exact) mass is 435 g/mol. The summed E-state index contributed by atoms with van der Waals surface area (Å²) in [4.78, 5) is 24.4. The van der Waals surface area contributed by atoms with E-state index < -0.39 is 15.9 Å². The van der Waals surface area contributed by atoms with Crippen LogP contribution in [-0.4, -0.2) is 44.7 Å². The van der Waals surface area contributed by atoms with E-state index in [2.05, 4.69) is 10.6 Å². The predicted molar refractivity (Wildman–Crippen MR) is 110 cm³/mol. The molecule has 9 heteroatoms. The second kappa shape index (κ2) is 8.94. The number of nitrogens with one attached hydrogen (secondary N) is 2. The van der Waals surface area contributed by atoms with Crippen molar-refractivity contribution in [2.45, 2.75) is 24.3 Å². The van der Waals surface area contributed by atoms with Crippen LogP contribution in [0.1, 0.15) is 39.1 Å². The molecule has 0 saturated carbocycles. The van der Waals surface area contributed by atoms with Gasteiger partial charge in [0.25, 0.3) is 11.8 Å². The summed E-state index contributed by atoms with van der Waals surface area (Å²) >= 11 is 6.15. The van der Waals surface area contributed by atoms with E-state index in [0.717, 1.165) is 18.4 Å². The highest BCUT2D eigenvalue weighted by Crippen LogP contribution is 2.25. The number of rotatable bonds is 6. The maximum Gasteiger partial charge on any atom is 0.253 e. The van der Waals surface area contributed by atoms with Crippen LogP contribution in [0.15, 0.2) is 47.4 Å². The molecule has 7 nitrogen and oxygen atoms in total. The third-order valence-corrected chi connectivity index (χ3v) is 6.98. The number of hydrogen-bond donors (Lipinski definition) is 2. The van der Waals surface area contributed by atoms with Gasteiger partial charge in [0.1, 0.15) is 0 Å². The fraction of sp³-hybridized carbons (Fsp3) is 0.300. The molecule has 0 bridgehead atoms. The second-order valence-electron chi connectivity index (χ2n) is 6.72. The Labute approximate surface area is 175 Å². The molecule has 29 heavy (non-hydrogen) atoms. The summed E-state index contributed by atoms with van der Waals surface area (Å²) in [6.45, 7) is 1.13. The van der Waals surface area contributed by atoms with E-state index >= 15 is 0 Å². The summed E-state index contributed by atoms with van der Waals surface area (Å²) in [6, 6.07) is 11.0. The van der Waals surface area contributed by atoms with Crippen molar-refractivity contribution < 1.29 is 18.0 Å². The molecule has 2 aromatic rings. The van der Waals surface area contributed by atoms with Crippen molar-refractivity contribution in [2.24, 2.45) is 0 Å². The van der Waals surface area contributed by atoms with E-state index in [1.54, 1.807) is 31.3 Å². The predicted octanol–water partition coefficient (Wildman–Crippen LogP) is 2.41. The number of hydrogen-bond acceptors (Lipinski definition) is 4. The number of halogens is 1. The van der Waals surface area contributed by atoms with Crippen LogP contribution in [0.4, 0.5) is 0 Å². The molecule has 2 amide bonds. The highest BCUT2D eigenvalue weighted by Gasteiger charge is 2.28. The van der Waals surface area contributed by atoms with Gasteiger partial charge in [0.2, 0.25) is 10.0 Å². The molecule has 1 fully saturated rings. The molecule has 0 unspecified atom stereocenters. The highest BCUT2D eigenvalue weighted by molar-refractivity contribution is 7.89. The summed E-state index contributed by atoms with van der Waals surface area (Å²) in [7, 11) is -2.10. The van der Waals surface area contributed by atoms with E-state index in [1.807, 2.05) is 0 Å². The van der Waals surface area contributed by atoms with Gasteiger partial charge in [-0.05, 0) is 48.7 Å². The van der Waals surface area contributed by atoms with Gasteiger partial charge in [-0.25, -0.2) is 8.42 Å². The van der Waals surface area contributed by atoms with Crippen LogP contribution >= 0.6 is 11.6 Å². The van der Waals surface area contributed by atoms with Gasteiger partial charge in [0.05, 0.1) is 15.5 Å². The summed E-state index contributed by atoms with van der Waals surface area (Å²) in [6.07, 6.45) is 1.66. The number of sulfonamides is 1. The van der Waals surface area contributed by atoms with Crippen molar-refractivity contribution in [3.8, 4) is 0 Å². The number of amides is 2. The fourth-order valence-electron chi connectivity index (χ4n) is 3.16. The summed E-state index contributed by atoms with van der Waals surface area (Å²) in [5.41, 5.74) is 1.31. The average Bonchev–Trinajstić information content (AvgIpc) is 3.27. The number of carbonyl (C=O) groups is 2. The van der Waals surface area contributed by atoms with Gasteiger partial charge in [0, 0.05) is 32.2 Å². The molecule has 154 valence electrons. The lowest BCUT2D eigenvalue weighted by atomic mass is 10.1. The van der Waals surface area contributed by atoms with Crippen molar-refractivity contribution in [3.05, 3.63) is 64.2 Å². The quantitative estimate of drug-likeness (QED) is 0.728. The first kappa shape index (κ1) is 21.3. The molecule has 0 aromatic heterocycles. The van der Waals surface area contributed by atoms with Crippen molar-refractivity contribution in [3.63, 3.8) is 0 Å². The van der Waals surface area contributed by atoms with Crippen molar-refractivity contribution in [2.75, 3.05) is 20.1 Å². The van der Waals surface area contributed by atoms with E-state index in [1.165, 1.54) is 22.5 Å². The maximum absolute atomic E-state index is 12.7. The Bertz CT molecular complexity index is 1030. The first-order chi connectivity index (χ1) is 13.8. The van der Waals surface area contributed by atoms with Crippen LogP contribution in [0.25, 0.3) is 0 Å². The standard InChI is InChI=1S/C20H22ClN3O4S/c1-22-19(25)15-6-4-5-14(11-15)13-23-20(26)17-12-16(7-8-18(17)21)29(27,28)24-9-2-3-10-24/h4-8,11-12H,2-3,9-10,13H2,1H3,(H,22,25)(H,23,26). The molecule has 1 saturated heterocycles. The number of nitrogens with zero attached hydrogens (tertiary/aromatic N) is 1. The van der Waals surface area contributed by atoms with E-state index in [-0.39, 0.29) is 27.9 Å². The summed E-state index contributed by atoms with van der Waals surface area (Å²) in [5.74, 6) is -0.708. The van der Waals surface area contributed by atoms with Crippen molar-refractivity contribution in [1.82, 2.24) is 14.9 Å². The van der Waals surface area contributed by atoms with Crippen LogP contribution in [-0.2, 0) is 16.6 Å². The third kappa shape index (κ3) is 4.77. The topological polar surface area (TPSA) is 95.6 Å². The molecule has 3 rings (SSSR count). The molecule has 0 spiro atoms. The largest absolute Gasteiger partial charge is 0.355 e. The van der Waals surface area contributed by atoms with Gasteiger partial charge < -0.3 is 10.6 Å². The molecular formula is C20H22ClN3O4S. The molecule has 0 radical (unpaired) electrons. The van der Waals surface area contributed by atoms with Crippen LogP contribution < -0.4 is 10.6 Å². The highest BCUT2D eigenvalue weighted by atomic mass is 35.5. The minimum absolute atomic E-state index is 0.0514. The van der Waals surface area contributed by atoms with Gasteiger partial charge in [-0.15, -0.1) is 0 Å². The van der Waals surface area contributed by atoms with Gasteiger partial charge in [-0.2, -0.15) is 4.31 Å². The molecule has 2 N–H and O–H groups in total. The first-order valence-corrected chi connectivity index (χ1v) is 11.0. The van der Waals surface area contributed by atoms with Gasteiger partial charge in [0.15, 0.2) is 0 Å². The zero-order valence-corrected chi connectivity index (χ0v) is 17.5. The first-order valence-electron chi connectivity index (χ1n) is 9.22. The third-order valence-electron chi connectivity index (χ3n) is 4.75. The lowest BCUT2D eigenvalue weighted by Crippen LogP contribution is -2.28. The summed E-state index contributed by atoms with van der Waals surface area (Å²) < 4.78 is 26.9. The molecule has 0 atom stereocenters. The lowest BCUT2D eigenvalue weighted by Gasteiger charge is -2.16. The van der Waals surface area contributed by atoms with E-state index in [0.29, 0.717) is 18.7 Å². The average molecular weight is 436 g/mol. The Kier molecular flexibility index (Phi) is 6.56. The van der Waals surface area contributed by atoms with Gasteiger partial charge >= 0.3 is 0 Å². The molecule has 1 aliphatic rings. The maximum atomic E-state index is 12.7. The minimum atomic E-state index is -3.65.